The lowest BCUT2D eigenvalue weighted by atomic mass is 10.0. The Morgan fingerprint density at radius 2 is 1.90 bits per heavy atom. The van der Waals surface area contributed by atoms with Gasteiger partial charge in [-0.2, -0.15) is 0 Å². The van der Waals surface area contributed by atoms with Gasteiger partial charge in [-0.3, -0.25) is 19.9 Å². The number of nitrogens with one attached hydrogen (secondary N) is 2. The van der Waals surface area contributed by atoms with Crippen LogP contribution in [-0.4, -0.2) is 20.9 Å². The van der Waals surface area contributed by atoms with Crippen molar-refractivity contribution in [1.29, 1.82) is 0 Å². The number of nitro benzene ring substituents is 1. The van der Waals surface area contributed by atoms with Crippen LogP contribution in [0.3, 0.4) is 0 Å². The molecule has 9 nitrogen and oxygen atoms in total. The maximum absolute atomic E-state index is 12.3. The van der Waals surface area contributed by atoms with Gasteiger partial charge in [-0.25, -0.2) is 0 Å². The third kappa shape index (κ3) is 5.10. The predicted molar refractivity (Wildman–Crippen MR) is 153 cm³/mol. The number of carbonyl (C=O) groups is 1. The van der Waals surface area contributed by atoms with Gasteiger partial charge in [0.05, 0.1) is 22.2 Å². The minimum Gasteiger partial charge on any atom is -0.459 e. The highest BCUT2D eigenvalue weighted by atomic mass is 32.1. The van der Waals surface area contributed by atoms with Gasteiger partial charge >= 0.3 is 0 Å². The Morgan fingerprint density at radius 1 is 1.13 bits per heavy atom. The van der Waals surface area contributed by atoms with E-state index >= 15 is 0 Å². The number of para-hydroxylation sites is 1. The second kappa shape index (κ2) is 10.7. The second-order valence-electron chi connectivity index (χ2n) is 9.62. The number of hydrogen-bond acceptors (Lipinski definition) is 6. The summed E-state index contributed by atoms with van der Waals surface area (Å²) in [4.78, 5) is 30.0. The second-order valence-corrected chi connectivity index (χ2v) is 10.0. The van der Waals surface area contributed by atoms with E-state index in [2.05, 4.69) is 15.6 Å². The van der Waals surface area contributed by atoms with Crippen molar-refractivity contribution in [2.45, 2.75) is 32.9 Å². The number of amides is 1. The molecule has 2 aromatic heterocycles. The summed E-state index contributed by atoms with van der Waals surface area (Å²) in [6, 6.07) is 20.7. The number of anilines is 2. The molecule has 1 fully saturated rings. The first-order valence-corrected chi connectivity index (χ1v) is 12.9. The van der Waals surface area contributed by atoms with Gasteiger partial charge in [0.25, 0.3) is 5.69 Å². The van der Waals surface area contributed by atoms with E-state index in [1.54, 1.807) is 30.5 Å². The van der Waals surface area contributed by atoms with Crippen molar-refractivity contribution in [3.63, 3.8) is 0 Å². The first kappa shape index (κ1) is 26.1. The highest BCUT2D eigenvalue weighted by Gasteiger charge is 2.43. The third-order valence-electron chi connectivity index (χ3n) is 6.65. The van der Waals surface area contributed by atoms with Crippen LogP contribution in [0.2, 0.25) is 0 Å². The number of aromatic nitrogens is 1. The first-order valence-electron chi connectivity index (χ1n) is 12.5. The molecule has 39 heavy (non-hydrogen) atoms. The van der Waals surface area contributed by atoms with Crippen molar-refractivity contribution >= 4 is 40.3 Å². The average molecular weight is 542 g/mol. The summed E-state index contributed by atoms with van der Waals surface area (Å²) in [6.07, 6.45) is 1.72. The number of carbonyl (C=O) groups excluding carboxylic acids is 1. The van der Waals surface area contributed by atoms with Crippen molar-refractivity contribution in [3.05, 3.63) is 106 Å². The molecule has 2 atom stereocenters. The highest BCUT2D eigenvalue weighted by molar-refractivity contribution is 7.80. The molecule has 1 saturated heterocycles. The van der Waals surface area contributed by atoms with Gasteiger partial charge in [0.2, 0.25) is 5.91 Å². The molecule has 5 rings (SSSR count). The van der Waals surface area contributed by atoms with Gasteiger partial charge < -0.3 is 20.0 Å². The van der Waals surface area contributed by atoms with Gasteiger partial charge in [-0.15, -0.1) is 0 Å². The number of aryl methyl sites for hydroxylation is 1. The van der Waals surface area contributed by atoms with E-state index in [0.717, 1.165) is 22.6 Å². The normalized spacial score (nSPS) is 16.8. The number of pyridine rings is 1. The monoisotopic (exact) mass is 541 g/mol. The molecular formula is C29H27N5O4S. The molecule has 0 unspecified atom stereocenters. The minimum atomic E-state index is -0.431. The standard InChI is InChI=1S/C29H27N5O4S/c1-17(2)28(35)31-21-12-11-19(16-18(21)3)33-27(26(32-29(33)39)22-9-6-7-15-30-22)25-14-13-24(38-25)20-8-4-5-10-23(20)34(36)37/h4-17,26-27H,1-3H3,(H,31,35)(H,32,39)/t26-,27-/m1/s1. The van der Waals surface area contributed by atoms with Crippen LogP contribution in [-0.2, 0) is 4.79 Å². The molecule has 2 aromatic carbocycles. The third-order valence-corrected chi connectivity index (χ3v) is 6.97. The fourth-order valence-corrected chi connectivity index (χ4v) is 4.98. The number of furan rings is 1. The number of nitro groups is 1. The Balaban J connectivity index is 1.57. The van der Waals surface area contributed by atoms with Crippen molar-refractivity contribution < 1.29 is 14.1 Å². The van der Waals surface area contributed by atoms with Crippen LogP contribution < -0.4 is 15.5 Å². The number of rotatable bonds is 7. The van der Waals surface area contributed by atoms with E-state index in [4.69, 9.17) is 16.6 Å². The topological polar surface area (TPSA) is 114 Å². The van der Waals surface area contributed by atoms with Crippen LogP contribution >= 0.6 is 12.2 Å². The molecule has 3 heterocycles. The van der Waals surface area contributed by atoms with Crippen LogP contribution in [0.25, 0.3) is 11.3 Å². The van der Waals surface area contributed by atoms with Crippen LogP contribution in [0.4, 0.5) is 17.1 Å². The SMILES string of the molecule is Cc1cc(N2C(=S)N[C@H](c3ccccn3)[C@H]2c2ccc(-c3ccccc3[N+](=O)[O-])o2)ccc1NC(=O)C(C)C. The van der Waals surface area contributed by atoms with Gasteiger partial charge in [-0.05, 0) is 73.2 Å². The lowest BCUT2D eigenvalue weighted by molar-refractivity contribution is -0.384. The Kier molecular flexibility index (Phi) is 7.12. The smallest absolute Gasteiger partial charge is 0.280 e. The van der Waals surface area contributed by atoms with Crippen LogP contribution in [0.1, 0.15) is 42.9 Å². The zero-order valence-corrected chi connectivity index (χ0v) is 22.4. The molecule has 1 aliphatic heterocycles. The Morgan fingerprint density at radius 3 is 2.59 bits per heavy atom. The van der Waals surface area contributed by atoms with Crippen LogP contribution in [0.15, 0.2) is 83.4 Å². The van der Waals surface area contributed by atoms with Gasteiger partial charge in [0.15, 0.2) is 5.11 Å². The van der Waals surface area contributed by atoms with Crippen molar-refractivity contribution in [3.8, 4) is 11.3 Å². The lowest BCUT2D eigenvalue weighted by Gasteiger charge is -2.27. The average Bonchev–Trinajstić information content (AvgIpc) is 3.54. The molecule has 0 radical (unpaired) electrons. The summed E-state index contributed by atoms with van der Waals surface area (Å²) >= 11 is 5.80. The Bertz CT molecular complexity index is 1550. The van der Waals surface area contributed by atoms with Crippen molar-refractivity contribution in [2.24, 2.45) is 5.92 Å². The molecule has 198 valence electrons. The molecule has 10 heteroatoms. The molecule has 1 amide bonds. The fraction of sp³-hybridized carbons (Fsp3) is 0.207. The van der Waals surface area contributed by atoms with E-state index in [1.165, 1.54) is 6.07 Å². The van der Waals surface area contributed by atoms with E-state index in [0.29, 0.717) is 22.2 Å². The number of nitrogens with zero attached hydrogens (tertiary/aromatic N) is 3. The summed E-state index contributed by atoms with van der Waals surface area (Å²) in [7, 11) is 0. The van der Waals surface area contributed by atoms with E-state index < -0.39 is 11.0 Å². The quantitative estimate of drug-likeness (QED) is 0.159. The van der Waals surface area contributed by atoms with E-state index in [-0.39, 0.29) is 23.6 Å². The largest absolute Gasteiger partial charge is 0.459 e. The van der Waals surface area contributed by atoms with Crippen LogP contribution in [0, 0.1) is 23.0 Å². The van der Waals surface area contributed by atoms with Crippen LogP contribution in [0.5, 0.6) is 0 Å². The van der Waals surface area contributed by atoms with Crippen molar-refractivity contribution in [1.82, 2.24) is 10.3 Å². The maximum Gasteiger partial charge on any atom is 0.280 e. The number of thiocarbonyl (C=S) groups is 1. The molecule has 0 aliphatic carbocycles. The minimum absolute atomic E-state index is 0.0359. The lowest BCUT2D eigenvalue weighted by Crippen LogP contribution is -2.29. The van der Waals surface area contributed by atoms with Crippen molar-refractivity contribution in [2.75, 3.05) is 10.2 Å². The van der Waals surface area contributed by atoms with Gasteiger partial charge in [0.1, 0.15) is 17.6 Å². The van der Waals surface area contributed by atoms with Gasteiger partial charge in [-0.1, -0.05) is 32.0 Å². The summed E-state index contributed by atoms with van der Waals surface area (Å²) in [5.41, 5.74) is 3.54. The molecule has 0 saturated carbocycles. The van der Waals surface area contributed by atoms with E-state index in [9.17, 15) is 14.9 Å². The molecule has 4 aromatic rings. The highest BCUT2D eigenvalue weighted by Crippen LogP contribution is 2.44. The summed E-state index contributed by atoms with van der Waals surface area (Å²) in [5.74, 6) is 0.755. The Hall–Kier alpha value is -4.57. The summed E-state index contributed by atoms with van der Waals surface area (Å²) < 4.78 is 6.30. The summed E-state index contributed by atoms with van der Waals surface area (Å²) in [6.45, 7) is 5.62. The zero-order valence-electron chi connectivity index (χ0n) is 21.6. The molecule has 0 spiro atoms. The predicted octanol–water partition coefficient (Wildman–Crippen LogP) is 6.33. The molecule has 1 aliphatic rings. The maximum atomic E-state index is 12.3. The molecule has 0 bridgehead atoms. The van der Waals surface area contributed by atoms with E-state index in [1.807, 2.05) is 68.1 Å². The molecular weight excluding hydrogens is 514 g/mol. The number of hydrogen-bond donors (Lipinski definition) is 2. The first-order chi connectivity index (χ1) is 18.7. The number of benzene rings is 2. The fourth-order valence-electron chi connectivity index (χ4n) is 4.63. The Labute approximate surface area is 231 Å². The molecule has 2 N–H and O–H groups in total. The van der Waals surface area contributed by atoms with Gasteiger partial charge in [0, 0.05) is 29.6 Å². The zero-order chi connectivity index (χ0) is 27.7. The summed E-state index contributed by atoms with van der Waals surface area (Å²) in [5, 5.41) is 18.5.